The zero-order valence-electron chi connectivity index (χ0n) is 17.4. The summed E-state index contributed by atoms with van der Waals surface area (Å²) in [5.74, 6) is 0.935. The fourth-order valence-corrected chi connectivity index (χ4v) is 4.35. The van der Waals surface area contributed by atoms with Crippen LogP contribution in [0.15, 0.2) is 22.5 Å². The predicted molar refractivity (Wildman–Crippen MR) is 129 cm³/mol. The number of guanidine groups is 1. The molecular formula is C20H31IN6OS. The van der Waals surface area contributed by atoms with Crippen molar-refractivity contribution >= 4 is 47.2 Å². The summed E-state index contributed by atoms with van der Waals surface area (Å²) in [4.78, 5) is 20.1. The number of hydrogen-bond acceptors (Lipinski definition) is 4. The van der Waals surface area contributed by atoms with E-state index < -0.39 is 0 Å². The highest BCUT2D eigenvalue weighted by Crippen LogP contribution is 2.24. The molecule has 0 radical (unpaired) electrons. The van der Waals surface area contributed by atoms with Gasteiger partial charge in [0.1, 0.15) is 0 Å². The van der Waals surface area contributed by atoms with Gasteiger partial charge >= 0.3 is 0 Å². The summed E-state index contributed by atoms with van der Waals surface area (Å²) in [6.07, 6.45) is 2.41. The van der Waals surface area contributed by atoms with E-state index in [1.54, 1.807) is 18.4 Å². The topological polar surface area (TPSA) is 74.5 Å². The minimum Gasteiger partial charge on any atom is -0.356 e. The van der Waals surface area contributed by atoms with E-state index in [9.17, 15) is 4.79 Å². The highest BCUT2D eigenvalue weighted by Gasteiger charge is 2.20. The summed E-state index contributed by atoms with van der Waals surface area (Å²) in [7, 11) is 1.75. The lowest BCUT2D eigenvalue weighted by Gasteiger charge is -2.27. The second-order valence-corrected chi connectivity index (χ2v) is 8.11. The van der Waals surface area contributed by atoms with Crippen LogP contribution in [-0.2, 0) is 24.3 Å². The zero-order valence-corrected chi connectivity index (χ0v) is 20.5. The van der Waals surface area contributed by atoms with Gasteiger partial charge in [0.15, 0.2) is 5.96 Å². The van der Waals surface area contributed by atoms with Crippen molar-refractivity contribution in [3.8, 4) is 0 Å². The molecule has 1 amide bonds. The van der Waals surface area contributed by atoms with E-state index in [1.165, 1.54) is 16.1 Å². The normalized spacial score (nSPS) is 13.6. The maximum atomic E-state index is 12.5. The van der Waals surface area contributed by atoms with Crippen LogP contribution in [0.4, 0.5) is 0 Å². The summed E-state index contributed by atoms with van der Waals surface area (Å²) in [6, 6.07) is 4.22. The lowest BCUT2D eigenvalue weighted by atomic mass is 10.1. The molecule has 9 heteroatoms. The Bertz CT molecular complexity index is 831. The molecule has 1 aliphatic rings. The molecule has 3 rings (SSSR count). The molecule has 2 aromatic heterocycles. The molecule has 0 spiro atoms. The van der Waals surface area contributed by atoms with Crippen LogP contribution in [0.5, 0.6) is 0 Å². The van der Waals surface area contributed by atoms with Crippen LogP contribution in [0.2, 0.25) is 0 Å². The Labute approximate surface area is 194 Å². The van der Waals surface area contributed by atoms with Gasteiger partial charge in [-0.3, -0.25) is 14.5 Å². The van der Waals surface area contributed by atoms with Crippen molar-refractivity contribution in [2.75, 3.05) is 26.7 Å². The number of rotatable bonds is 7. The molecule has 7 nitrogen and oxygen atoms in total. The molecule has 2 N–H and O–H groups in total. The van der Waals surface area contributed by atoms with Gasteiger partial charge in [-0.25, -0.2) is 0 Å². The van der Waals surface area contributed by atoms with Crippen molar-refractivity contribution in [1.82, 2.24) is 25.3 Å². The van der Waals surface area contributed by atoms with Crippen LogP contribution in [0.3, 0.4) is 0 Å². The molecule has 0 atom stereocenters. The number of fused-ring (bicyclic) bond motifs is 1. The second-order valence-electron chi connectivity index (χ2n) is 7.11. The maximum Gasteiger partial charge on any atom is 0.224 e. The van der Waals surface area contributed by atoms with Gasteiger partial charge in [-0.1, -0.05) is 0 Å². The van der Waals surface area contributed by atoms with E-state index in [0.717, 1.165) is 50.7 Å². The van der Waals surface area contributed by atoms with Crippen LogP contribution in [0.1, 0.15) is 34.7 Å². The molecule has 2 aromatic rings. The van der Waals surface area contributed by atoms with Crippen LogP contribution >= 0.6 is 35.3 Å². The van der Waals surface area contributed by atoms with Gasteiger partial charge in [-0.05, 0) is 49.8 Å². The Hall–Kier alpha value is -1.62. The van der Waals surface area contributed by atoms with Gasteiger partial charge in [0.05, 0.1) is 5.69 Å². The van der Waals surface area contributed by atoms with Gasteiger partial charge < -0.3 is 15.5 Å². The van der Waals surface area contributed by atoms with Crippen molar-refractivity contribution < 1.29 is 4.79 Å². The summed E-state index contributed by atoms with van der Waals surface area (Å²) in [6.45, 7) is 7.93. The Morgan fingerprint density at radius 3 is 2.83 bits per heavy atom. The smallest absolute Gasteiger partial charge is 0.224 e. The molecule has 0 aromatic carbocycles. The summed E-state index contributed by atoms with van der Waals surface area (Å²) < 4.78 is 2.03. The van der Waals surface area contributed by atoms with E-state index >= 15 is 0 Å². The van der Waals surface area contributed by atoms with Crippen LogP contribution in [0.25, 0.3) is 0 Å². The first-order valence-corrected chi connectivity index (χ1v) is 10.7. The van der Waals surface area contributed by atoms with Gasteiger partial charge in [-0.2, -0.15) is 5.10 Å². The molecule has 3 heterocycles. The van der Waals surface area contributed by atoms with Crippen molar-refractivity contribution in [2.45, 2.75) is 46.2 Å². The van der Waals surface area contributed by atoms with Crippen molar-refractivity contribution in [3.05, 3.63) is 39.3 Å². The van der Waals surface area contributed by atoms with Gasteiger partial charge in [0.25, 0.3) is 0 Å². The highest BCUT2D eigenvalue weighted by atomic mass is 127. The number of aryl methyl sites for hydroxylation is 3. The van der Waals surface area contributed by atoms with E-state index in [4.69, 9.17) is 0 Å². The number of nitrogens with one attached hydrogen (secondary N) is 2. The van der Waals surface area contributed by atoms with E-state index in [1.807, 2.05) is 16.5 Å². The number of carbonyl (C=O) groups is 1. The summed E-state index contributed by atoms with van der Waals surface area (Å²) in [5, 5.41) is 13.1. The third kappa shape index (κ3) is 6.70. The van der Waals surface area contributed by atoms with Gasteiger partial charge in [0.2, 0.25) is 5.91 Å². The minimum atomic E-state index is 0. The number of hydrogen-bond donors (Lipinski definition) is 2. The van der Waals surface area contributed by atoms with Gasteiger partial charge in [-0.15, -0.1) is 35.3 Å². The van der Waals surface area contributed by atoms with Gasteiger partial charge in [0, 0.05) is 56.8 Å². The third-order valence-corrected chi connectivity index (χ3v) is 5.98. The number of nitrogens with zero attached hydrogens (tertiary/aromatic N) is 4. The number of aromatic nitrogens is 2. The molecule has 1 aliphatic heterocycles. The first-order valence-electron chi connectivity index (χ1n) is 9.85. The Kier molecular flexibility index (Phi) is 9.41. The van der Waals surface area contributed by atoms with Crippen LogP contribution in [0, 0.1) is 13.8 Å². The first kappa shape index (κ1) is 23.7. The van der Waals surface area contributed by atoms with E-state index in [2.05, 4.69) is 45.2 Å². The molecule has 0 aliphatic carbocycles. The number of thiophene rings is 1. The fourth-order valence-electron chi connectivity index (χ4n) is 3.46. The first-order chi connectivity index (χ1) is 13.6. The van der Waals surface area contributed by atoms with E-state index in [0.29, 0.717) is 13.0 Å². The zero-order chi connectivity index (χ0) is 19.9. The molecule has 0 bridgehead atoms. The summed E-state index contributed by atoms with van der Waals surface area (Å²) >= 11 is 1.79. The molecule has 160 valence electrons. The Morgan fingerprint density at radius 1 is 1.31 bits per heavy atom. The molecule has 0 unspecified atom stereocenters. The van der Waals surface area contributed by atoms with Crippen LogP contribution < -0.4 is 10.6 Å². The third-order valence-electron chi connectivity index (χ3n) is 4.96. The van der Waals surface area contributed by atoms with Crippen molar-refractivity contribution in [2.24, 2.45) is 4.99 Å². The number of amides is 1. The maximum absolute atomic E-state index is 12.5. The molecule has 0 saturated carbocycles. The predicted octanol–water partition coefficient (Wildman–Crippen LogP) is 2.71. The molecule has 0 fully saturated rings. The molecular weight excluding hydrogens is 499 g/mol. The van der Waals surface area contributed by atoms with Crippen LogP contribution in [-0.4, -0.2) is 53.2 Å². The number of aliphatic imine (C=N–C) groups is 1. The Morgan fingerprint density at radius 2 is 2.10 bits per heavy atom. The Balaban J connectivity index is 0.00000300. The average molecular weight is 530 g/mol. The monoisotopic (exact) mass is 530 g/mol. The molecule has 29 heavy (non-hydrogen) atoms. The lowest BCUT2D eigenvalue weighted by Crippen LogP contribution is -2.41. The molecule has 0 saturated heterocycles. The minimum absolute atomic E-state index is 0. The summed E-state index contributed by atoms with van der Waals surface area (Å²) in [5.41, 5.74) is 3.54. The SMILES string of the molecule is CN=C(NCCCn1nc(C)cc1C)NCCC(=O)N1CCc2sccc2C1.I. The quantitative estimate of drug-likeness (QED) is 0.250. The number of carbonyl (C=O) groups excluding carboxylic acids is 1. The van der Waals surface area contributed by atoms with E-state index in [-0.39, 0.29) is 29.9 Å². The largest absolute Gasteiger partial charge is 0.356 e. The van der Waals surface area contributed by atoms with Crippen molar-refractivity contribution in [1.29, 1.82) is 0 Å². The lowest BCUT2D eigenvalue weighted by molar-refractivity contribution is -0.131. The van der Waals surface area contributed by atoms with Crippen molar-refractivity contribution in [3.63, 3.8) is 0 Å². The highest BCUT2D eigenvalue weighted by molar-refractivity contribution is 14.0. The second kappa shape index (κ2) is 11.5. The average Bonchev–Trinajstić information content (AvgIpc) is 3.28. The standard InChI is InChI=1S/C20H30N6OS.HI/c1-15-13-16(2)26(24-15)10-4-8-22-20(21-3)23-9-5-19(27)25-11-6-18-17(14-25)7-12-28-18;/h7,12-13H,4-6,8-11,14H2,1-3H3,(H2,21,22,23);1H. The number of halogens is 1. The fraction of sp³-hybridized carbons (Fsp3) is 0.550.